The monoisotopic (exact) mass is 446 g/mol. The minimum absolute atomic E-state index is 0.277. The number of hydrogen-bond acceptors (Lipinski definition) is 5. The Kier molecular flexibility index (Phi) is 6.52. The number of nitrogens with one attached hydrogen (secondary N) is 2. The molecule has 0 saturated carbocycles. The zero-order valence-electron chi connectivity index (χ0n) is 17.4. The second-order valence-corrected chi connectivity index (χ2v) is 8.52. The number of esters is 1. The highest BCUT2D eigenvalue weighted by atomic mass is 32.1. The van der Waals surface area contributed by atoms with Gasteiger partial charge in [0, 0.05) is 4.88 Å². The Morgan fingerprint density at radius 3 is 2.67 bits per heavy atom. The second-order valence-electron chi connectivity index (χ2n) is 6.89. The molecule has 0 aliphatic carbocycles. The third-order valence-electron chi connectivity index (χ3n) is 4.84. The number of thiocarbonyl (C=S) groups is 1. The van der Waals surface area contributed by atoms with E-state index in [1.807, 2.05) is 33.8 Å². The van der Waals surface area contributed by atoms with Gasteiger partial charge >= 0.3 is 5.97 Å². The van der Waals surface area contributed by atoms with Crippen molar-refractivity contribution in [2.45, 2.75) is 34.2 Å². The SMILES string of the molecule is COC(=O)c1c(NC(=S)Nc2c(C)nn(Cc3cccc(F)c3)c2C)sc(C)c1C. The number of hydrogen-bond donors (Lipinski definition) is 2. The number of nitrogens with zero attached hydrogens (tertiary/aromatic N) is 2. The summed E-state index contributed by atoms with van der Waals surface area (Å²) < 4.78 is 20.2. The third-order valence-corrected chi connectivity index (χ3v) is 6.17. The molecule has 9 heteroatoms. The first-order valence-electron chi connectivity index (χ1n) is 9.26. The standard InChI is InChI=1S/C21H23FN4O2S2/c1-11-14(4)30-19(17(11)20(27)28-5)24-21(29)23-18-12(2)25-26(13(18)3)10-15-7-6-8-16(22)9-15/h6-9H,10H2,1-5H3,(H2,23,24,29). The predicted molar refractivity (Wildman–Crippen MR) is 122 cm³/mol. The molecule has 2 aromatic heterocycles. The molecule has 0 aliphatic heterocycles. The van der Waals surface area contributed by atoms with Crippen LogP contribution in [0.3, 0.4) is 0 Å². The first-order valence-corrected chi connectivity index (χ1v) is 10.5. The van der Waals surface area contributed by atoms with Gasteiger partial charge in [0.1, 0.15) is 10.8 Å². The van der Waals surface area contributed by atoms with E-state index in [-0.39, 0.29) is 5.82 Å². The molecule has 2 heterocycles. The van der Waals surface area contributed by atoms with Crippen molar-refractivity contribution in [1.29, 1.82) is 0 Å². The maximum atomic E-state index is 13.5. The number of aromatic nitrogens is 2. The van der Waals surface area contributed by atoms with Crippen molar-refractivity contribution in [1.82, 2.24) is 9.78 Å². The highest BCUT2D eigenvalue weighted by Gasteiger charge is 2.21. The van der Waals surface area contributed by atoms with Crippen LogP contribution in [0, 0.1) is 33.5 Å². The summed E-state index contributed by atoms with van der Waals surface area (Å²) in [4.78, 5) is 13.2. The molecule has 158 valence electrons. The number of thiophene rings is 1. The highest BCUT2D eigenvalue weighted by Crippen LogP contribution is 2.33. The van der Waals surface area contributed by atoms with E-state index in [1.54, 1.807) is 10.7 Å². The van der Waals surface area contributed by atoms with Crippen LogP contribution < -0.4 is 10.6 Å². The molecule has 0 aliphatic rings. The number of anilines is 2. The number of rotatable bonds is 5. The molecular formula is C21H23FN4O2S2. The molecule has 0 saturated heterocycles. The van der Waals surface area contributed by atoms with E-state index >= 15 is 0 Å². The quantitative estimate of drug-likeness (QED) is 0.426. The number of methoxy groups -OCH3 is 1. The Labute approximate surface area is 184 Å². The summed E-state index contributed by atoms with van der Waals surface area (Å²) in [6.07, 6.45) is 0. The molecule has 6 nitrogen and oxygen atoms in total. The Hall–Kier alpha value is -2.78. The molecule has 3 rings (SSSR count). The zero-order valence-corrected chi connectivity index (χ0v) is 19.1. The second kappa shape index (κ2) is 8.93. The van der Waals surface area contributed by atoms with Crippen molar-refractivity contribution < 1.29 is 13.9 Å². The average molecular weight is 447 g/mol. The maximum absolute atomic E-state index is 13.5. The number of carbonyl (C=O) groups is 1. The van der Waals surface area contributed by atoms with Crippen LogP contribution >= 0.6 is 23.6 Å². The van der Waals surface area contributed by atoms with Crippen LogP contribution in [0.15, 0.2) is 24.3 Å². The fraction of sp³-hybridized carbons (Fsp3) is 0.286. The van der Waals surface area contributed by atoms with Gasteiger partial charge < -0.3 is 15.4 Å². The molecule has 0 spiro atoms. The lowest BCUT2D eigenvalue weighted by molar-refractivity contribution is 0.0601. The zero-order chi connectivity index (χ0) is 22.0. The van der Waals surface area contributed by atoms with E-state index in [1.165, 1.54) is 30.6 Å². The molecule has 0 radical (unpaired) electrons. The van der Waals surface area contributed by atoms with E-state index in [0.717, 1.165) is 33.1 Å². The average Bonchev–Trinajstić information content (AvgIpc) is 3.11. The molecule has 0 atom stereocenters. The first kappa shape index (κ1) is 21.9. The fourth-order valence-electron chi connectivity index (χ4n) is 3.15. The number of ether oxygens (including phenoxy) is 1. The van der Waals surface area contributed by atoms with Gasteiger partial charge in [-0.05, 0) is 63.2 Å². The van der Waals surface area contributed by atoms with E-state index < -0.39 is 5.97 Å². The molecule has 0 amide bonds. The van der Waals surface area contributed by atoms with Gasteiger partial charge in [-0.2, -0.15) is 5.10 Å². The van der Waals surface area contributed by atoms with E-state index in [2.05, 4.69) is 15.7 Å². The Morgan fingerprint density at radius 1 is 1.27 bits per heavy atom. The molecule has 1 aromatic carbocycles. The fourth-order valence-corrected chi connectivity index (χ4v) is 4.47. The van der Waals surface area contributed by atoms with Crippen LogP contribution in [0.1, 0.15) is 37.7 Å². The molecular weight excluding hydrogens is 423 g/mol. The number of halogens is 1. The largest absolute Gasteiger partial charge is 0.465 e. The van der Waals surface area contributed by atoms with Crippen LogP contribution in [0.5, 0.6) is 0 Å². The summed E-state index contributed by atoms with van der Waals surface area (Å²) >= 11 is 6.92. The third kappa shape index (κ3) is 4.52. The maximum Gasteiger partial charge on any atom is 0.341 e. The van der Waals surface area contributed by atoms with Gasteiger partial charge in [0.05, 0.1) is 36.3 Å². The lowest BCUT2D eigenvalue weighted by Gasteiger charge is -2.11. The summed E-state index contributed by atoms with van der Waals surface area (Å²) in [6, 6.07) is 6.44. The van der Waals surface area contributed by atoms with E-state index in [4.69, 9.17) is 17.0 Å². The normalized spacial score (nSPS) is 10.7. The minimum atomic E-state index is -0.405. The molecule has 0 bridgehead atoms. The van der Waals surface area contributed by atoms with Crippen molar-refractivity contribution >= 4 is 45.3 Å². The number of benzene rings is 1. The van der Waals surface area contributed by atoms with Gasteiger partial charge in [0.2, 0.25) is 0 Å². The van der Waals surface area contributed by atoms with Crippen LogP contribution in [0.2, 0.25) is 0 Å². The van der Waals surface area contributed by atoms with Crippen molar-refractivity contribution in [3.05, 3.63) is 63.0 Å². The topological polar surface area (TPSA) is 68.2 Å². The summed E-state index contributed by atoms with van der Waals surface area (Å²) in [5, 5.41) is 11.8. The van der Waals surface area contributed by atoms with Crippen molar-refractivity contribution in [2.24, 2.45) is 0 Å². The summed E-state index contributed by atoms with van der Waals surface area (Å²) in [6.45, 7) is 8.06. The summed E-state index contributed by atoms with van der Waals surface area (Å²) in [5.41, 5.74) is 4.58. The molecule has 0 unspecified atom stereocenters. The van der Waals surface area contributed by atoms with E-state index in [9.17, 15) is 9.18 Å². The van der Waals surface area contributed by atoms with Crippen molar-refractivity contribution in [3.8, 4) is 0 Å². The van der Waals surface area contributed by atoms with Gasteiger partial charge in [-0.15, -0.1) is 11.3 Å². The van der Waals surface area contributed by atoms with Crippen molar-refractivity contribution in [2.75, 3.05) is 17.7 Å². The van der Waals surface area contributed by atoms with Gasteiger partial charge in [-0.25, -0.2) is 9.18 Å². The van der Waals surface area contributed by atoms with Gasteiger partial charge in [-0.3, -0.25) is 4.68 Å². The Bertz CT molecular complexity index is 1120. The Balaban J connectivity index is 1.79. The van der Waals surface area contributed by atoms with Crippen LogP contribution in [-0.2, 0) is 11.3 Å². The number of carbonyl (C=O) groups excluding carboxylic acids is 1. The van der Waals surface area contributed by atoms with Crippen LogP contribution in [-0.4, -0.2) is 28.0 Å². The van der Waals surface area contributed by atoms with E-state index in [0.29, 0.717) is 22.2 Å². The predicted octanol–water partition coefficient (Wildman–Crippen LogP) is 4.96. The van der Waals surface area contributed by atoms with Gasteiger partial charge in [0.15, 0.2) is 5.11 Å². The molecule has 30 heavy (non-hydrogen) atoms. The Morgan fingerprint density at radius 2 is 2.00 bits per heavy atom. The smallest absolute Gasteiger partial charge is 0.341 e. The molecule has 2 N–H and O–H groups in total. The minimum Gasteiger partial charge on any atom is -0.465 e. The lowest BCUT2D eigenvalue weighted by atomic mass is 10.1. The number of aryl methyl sites for hydroxylation is 2. The van der Waals surface area contributed by atoms with Crippen LogP contribution in [0.25, 0.3) is 0 Å². The van der Waals surface area contributed by atoms with Crippen molar-refractivity contribution in [3.63, 3.8) is 0 Å². The summed E-state index contributed by atoms with van der Waals surface area (Å²) in [7, 11) is 1.36. The van der Waals surface area contributed by atoms with Crippen LogP contribution in [0.4, 0.5) is 15.1 Å². The molecule has 0 fully saturated rings. The highest BCUT2D eigenvalue weighted by molar-refractivity contribution is 7.80. The van der Waals surface area contributed by atoms with Gasteiger partial charge in [-0.1, -0.05) is 12.1 Å². The molecule has 3 aromatic rings. The lowest BCUT2D eigenvalue weighted by Crippen LogP contribution is -2.21. The van der Waals surface area contributed by atoms with Gasteiger partial charge in [0.25, 0.3) is 0 Å². The first-order chi connectivity index (χ1) is 14.2. The summed E-state index contributed by atoms with van der Waals surface area (Å²) in [5.74, 6) is -0.682.